The number of aromatic amines is 1. The zero-order valence-electron chi connectivity index (χ0n) is 7.87. The monoisotopic (exact) mass is 320 g/mol. The Morgan fingerprint density at radius 1 is 1.50 bits per heavy atom. The van der Waals surface area contributed by atoms with E-state index in [-0.39, 0.29) is 5.02 Å². The van der Waals surface area contributed by atoms with Gasteiger partial charge in [-0.25, -0.2) is 4.79 Å². The molecule has 2 heterocycles. The Bertz CT molecular complexity index is 631. The fourth-order valence-corrected chi connectivity index (χ4v) is 2.83. The first-order chi connectivity index (χ1) is 7.58. The lowest BCUT2D eigenvalue weighted by Crippen LogP contribution is -2.29. The highest BCUT2D eigenvalue weighted by Gasteiger charge is 2.06. The minimum Gasteiger partial charge on any atom is -0.294 e. The summed E-state index contributed by atoms with van der Waals surface area (Å²) in [4.78, 5) is 25.7. The summed E-state index contributed by atoms with van der Waals surface area (Å²) in [6.07, 6.45) is 1.34. The van der Waals surface area contributed by atoms with Gasteiger partial charge in [0.25, 0.3) is 5.56 Å². The average Bonchev–Trinajstić information content (AvgIpc) is 2.61. The maximum atomic E-state index is 11.5. The Balaban J connectivity index is 2.43. The van der Waals surface area contributed by atoms with E-state index in [9.17, 15) is 9.59 Å². The molecule has 16 heavy (non-hydrogen) atoms. The highest BCUT2D eigenvalue weighted by molar-refractivity contribution is 9.10. The lowest BCUT2D eigenvalue weighted by molar-refractivity contribution is 0.727. The second-order valence-corrected chi connectivity index (χ2v) is 5.32. The van der Waals surface area contributed by atoms with Gasteiger partial charge in [-0.05, 0) is 27.4 Å². The molecule has 0 bridgehead atoms. The Morgan fingerprint density at radius 2 is 2.25 bits per heavy atom. The molecule has 0 aliphatic heterocycles. The zero-order chi connectivity index (χ0) is 11.7. The van der Waals surface area contributed by atoms with Gasteiger partial charge in [-0.3, -0.25) is 14.3 Å². The normalized spacial score (nSPS) is 10.6. The predicted octanol–water partition coefficient (Wildman–Crippen LogP) is 2.06. The molecule has 4 nitrogen and oxygen atoms in total. The van der Waals surface area contributed by atoms with Crippen molar-refractivity contribution in [2.45, 2.75) is 6.54 Å². The van der Waals surface area contributed by atoms with Gasteiger partial charge >= 0.3 is 5.69 Å². The van der Waals surface area contributed by atoms with Crippen molar-refractivity contribution in [3.63, 3.8) is 0 Å². The molecular weight excluding hydrogens is 316 g/mol. The van der Waals surface area contributed by atoms with E-state index in [4.69, 9.17) is 11.6 Å². The number of hydrogen-bond acceptors (Lipinski definition) is 3. The van der Waals surface area contributed by atoms with Gasteiger partial charge in [-0.1, -0.05) is 11.6 Å². The Labute approximate surface area is 108 Å². The minimum absolute atomic E-state index is 0.00674. The second-order valence-electron chi connectivity index (χ2n) is 3.06. The van der Waals surface area contributed by atoms with Gasteiger partial charge < -0.3 is 0 Å². The number of H-pyrrole nitrogens is 1. The van der Waals surface area contributed by atoms with Crippen LogP contribution in [0.5, 0.6) is 0 Å². The first kappa shape index (κ1) is 11.6. The van der Waals surface area contributed by atoms with Crippen molar-refractivity contribution in [1.82, 2.24) is 9.55 Å². The number of nitrogens with one attached hydrogen (secondary N) is 1. The quantitative estimate of drug-likeness (QED) is 0.920. The van der Waals surface area contributed by atoms with Crippen LogP contribution in [0, 0.1) is 0 Å². The van der Waals surface area contributed by atoms with Crippen LogP contribution in [0.25, 0.3) is 0 Å². The molecular formula is C9H6BrClN2O2S. The van der Waals surface area contributed by atoms with Gasteiger partial charge in [0.1, 0.15) is 5.02 Å². The summed E-state index contributed by atoms with van der Waals surface area (Å²) in [5, 5.41) is 1.92. The van der Waals surface area contributed by atoms with Crippen LogP contribution in [-0.4, -0.2) is 9.55 Å². The molecule has 0 amide bonds. The molecule has 0 radical (unpaired) electrons. The molecule has 84 valence electrons. The standard InChI is InChI=1S/C9H6BrClN2O2S/c10-5-1-2-16-7(5)4-13-3-6(11)8(14)12-9(13)15/h1-3H,4H2,(H,12,14,15). The van der Waals surface area contributed by atoms with Crippen LogP contribution in [0.2, 0.25) is 5.02 Å². The van der Waals surface area contributed by atoms with Crippen LogP contribution < -0.4 is 11.2 Å². The molecule has 0 saturated carbocycles. The molecule has 2 aromatic rings. The van der Waals surface area contributed by atoms with Gasteiger partial charge in [-0.15, -0.1) is 11.3 Å². The van der Waals surface area contributed by atoms with E-state index in [1.165, 1.54) is 22.1 Å². The maximum Gasteiger partial charge on any atom is 0.328 e. The van der Waals surface area contributed by atoms with Crippen molar-refractivity contribution >= 4 is 38.9 Å². The van der Waals surface area contributed by atoms with E-state index in [1.54, 1.807) is 0 Å². The van der Waals surface area contributed by atoms with Crippen molar-refractivity contribution in [3.8, 4) is 0 Å². The van der Waals surface area contributed by atoms with Crippen molar-refractivity contribution in [2.24, 2.45) is 0 Å². The zero-order valence-corrected chi connectivity index (χ0v) is 11.0. The molecule has 1 N–H and O–H groups in total. The van der Waals surface area contributed by atoms with E-state index in [1.807, 2.05) is 11.4 Å². The average molecular weight is 322 g/mol. The van der Waals surface area contributed by atoms with Gasteiger partial charge in [0.2, 0.25) is 0 Å². The number of hydrogen-bond donors (Lipinski definition) is 1. The maximum absolute atomic E-state index is 11.5. The van der Waals surface area contributed by atoms with E-state index in [2.05, 4.69) is 20.9 Å². The summed E-state index contributed by atoms with van der Waals surface area (Å²) >= 11 is 10.5. The molecule has 0 saturated heterocycles. The summed E-state index contributed by atoms with van der Waals surface area (Å²) in [7, 11) is 0. The predicted molar refractivity (Wildman–Crippen MR) is 67.5 cm³/mol. The molecule has 0 unspecified atom stereocenters. The van der Waals surface area contributed by atoms with Gasteiger partial charge in [0, 0.05) is 15.5 Å². The first-order valence-corrected chi connectivity index (χ1v) is 6.34. The lowest BCUT2D eigenvalue weighted by Gasteiger charge is -2.03. The number of halogens is 2. The van der Waals surface area contributed by atoms with Crippen molar-refractivity contribution in [1.29, 1.82) is 0 Å². The van der Waals surface area contributed by atoms with E-state index in [0.29, 0.717) is 6.54 Å². The van der Waals surface area contributed by atoms with Crippen LogP contribution in [0.4, 0.5) is 0 Å². The number of nitrogens with zero attached hydrogens (tertiary/aromatic N) is 1. The smallest absolute Gasteiger partial charge is 0.294 e. The summed E-state index contributed by atoms with van der Waals surface area (Å²) in [5.41, 5.74) is -1.03. The molecule has 0 aromatic carbocycles. The summed E-state index contributed by atoms with van der Waals surface area (Å²) < 4.78 is 2.30. The lowest BCUT2D eigenvalue weighted by atomic mass is 10.4. The topological polar surface area (TPSA) is 54.9 Å². The highest BCUT2D eigenvalue weighted by atomic mass is 79.9. The third-order valence-corrected chi connectivity index (χ3v) is 4.15. The van der Waals surface area contributed by atoms with Crippen molar-refractivity contribution in [2.75, 3.05) is 0 Å². The summed E-state index contributed by atoms with van der Waals surface area (Å²) in [5.74, 6) is 0. The fourth-order valence-electron chi connectivity index (χ4n) is 1.19. The Hall–Kier alpha value is -0.850. The Morgan fingerprint density at radius 3 is 2.88 bits per heavy atom. The third kappa shape index (κ3) is 2.28. The van der Waals surface area contributed by atoms with E-state index < -0.39 is 11.2 Å². The molecule has 0 spiro atoms. The SMILES string of the molecule is O=c1[nH]c(=O)n(Cc2sccc2Br)cc1Cl. The summed E-state index contributed by atoms with van der Waals surface area (Å²) in [6.45, 7) is 0.383. The van der Waals surface area contributed by atoms with Gasteiger partial charge in [-0.2, -0.15) is 0 Å². The van der Waals surface area contributed by atoms with Crippen LogP contribution in [0.3, 0.4) is 0 Å². The van der Waals surface area contributed by atoms with Gasteiger partial charge in [0.05, 0.1) is 6.54 Å². The van der Waals surface area contributed by atoms with Crippen LogP contribution in [0.15, 0.2) is 31.7 Å². The number of thiophene rings is 1. The van der Waals surface area contributed by atoms with E-state index >= 15 is 0 Å². The number of rotatable bonds is 2. The Kier molecular flexibility index (Phi) is 3.32. The largest absolute Gasteiger partial charge is 0.328 e. The summed E-state index contributed by atoms with van der Waals surface area (Å²) in [6, 6.07) is 1.90. The molecule has 0 aliphatic rings. The molecule has 0 aliphatic carbocycles. The third-order valence-electron chi connectivity index (χ3n) is 1.97. The van der Waals surface area contributed by atoms with Crippen LogP contribution >= 0.6 is 38.9 Å². The molecule has 2 rings (SSSR count). The minimum atomic E-state index is -0.562. The fraction of sp³-hybridized carbons (Fsp3) is 0.111. The second kappa shape index (κ2) is 4.57. The first-order valence-electron chi connectivity index (χ1n) is 4.29. The van der Waals surface area contributed by atoms with Crippen LogP contribution in [0.1, 0.15) is 4.88 Å². The molecule has 7 heteroatoms. The van der Waals surface area contributed by atoms with Gasteiger partial charge in [0.15, 0.2) is 0 Å². The van der Waals surface area contributed by atoms with Crippen molar-refractivity contribution < 1.29 is 0 Å². The highest BCUT2D eigenvalue weighted by Crippen LogP contribution is 2.23. The molecule has 2 aromatic heterocycles. The van der Waals surface area contributed by atoms with E-state index in [0.717, 1.165) is 9.35 Å². The molecule has 0 atom stereocenters. The van der Waals surface area contributed by atoms with Crippen LogP contribution in [-0.2, 0) is 6.54 Å². The van der Waals surface area contributed by atoms with Crippen molar-refractivity contribution in [3.05, 3.63) is 52.9 Å². The number of aromatic nitrogens is 2. The molecule has 0 fully saturated rings.